The lowest BCUT2D eigenvalue weighted by molar-refractivity contribution is 0.106. The van der Waals surface area contributed by atoms with Gasteiger partial charge < -0.3 is 10.1 Å². The van der Waals surface area contributed by atoms with Gasteiger partial charge in [0, 0.05) is 24.2 Å². The quantitative estimate of drug-likeness (QED) is 0.873. The molecule has 0 saturated carbocycles. The number of pyridine rings is 1. The van der Waals surface area contributed by atoms with Crippen LogP contribution in [0.15, 0.2) is 18.2 Å². The van der Waals surface area contributed by atoms with Crippen molar-refractivity contribution in [3.05, 3.63) is 23.9 Å². The molecule has 2 heterocycles. The molecule has 1 N–H and O–H groups in total. The second-order valence-electron chi connectivity index (χ2n) is 5.18. The first-order valence-corrected chi connectivity index (χ1v) is 6.51. The maximum Gasteiger partial charge on any atom is 0.213 e. The van der Waals surface area contributed by atoms with Crippen LogP contribution in [0.25, 0.3) is 0 Å². The van der Waals surface area contributed by atoms with E-state index in [0.29, 0.717) is 17.9 Å². The van der Waals surface area contributed by atoms with Crippen LogP contribution < -0.4 is 10.1 Å². The van der Waals surface area contributed by atoms with Crippen LogP contribution in [0.1, 0.15) is 38.8 Å². The summed E-state index contributed by atoms with van der Waals surface area (Å²) >= 11 is 0. The van der Waals surface area contributed by atoms with Gasteiger partial charge in [0.05, 0.1) is 0 Å². The molecule has 1 aromatic rings. The molecule has 1 aliphatic heterocycles. The molecule has 94 valence electrons. The third-order valence-corrected chi connectivity index (χ3v) is 3.32. The summed E-state index contributed by atoms with van der Waals surface area (Å²) in [6.07, 6.45) is 1.36. The first-order chi connectivity index (χ1) is 8.16. The van der Waals surface area contributed by atoms with Crippen molar-refractivity contribution < 1.29 is 4.74 Å². The van der Waals surface area contributed by atoms with E-state index in [9.17, 15) is 0 Å². The van der Waals surface area contributed by atoms with Crippen molar-refractivity contribution in [2.45, 2.75) is 39.2 Å². The van der Waals surface area contributed by atoms with Crippen LogP contribution in [-0.4, -0.2) is 24.2 Å². The highest BCUT2D eigenvalue weighted by Gasteiger charge is 2.23. The molecule has 3 heteroatoms. The van der Waals surface area contributed by atoms with Gasteiger partial charge in [-0.25, -0.2) is 4.98 Å². The fourth-order valence-corrected chi connectivity index (χ4v) is 2.14. The smallest absolute Gasteiger partial charge is 0.213 e. The van der Waals surface area contributed by atoms with Gasteiger partial charge in [-0.2, -0.15) is 0 Å². The third-order valence-electron chi connectivity index (χ3n) is 3.32. The molecule has 3 nitrogen and oxygen atoms in total. The second-order valence-corrected chi connectivity index (χ2v) is 5.18. The van der Waals surface area contributed by atoms with Crippen LogP contribution in [0, 0.1) is 5.92 Å². The van der Waals surface area contributed by atoms with Gasteiger partial charge in [-0.1, -0.05) is 26.8 Å². The molecule has 1 aliphatic rings. The number of ether oxygens (including phenoxy) is 1. The molecule has 0 aromatic carbocycles. The molecule has 2 rings (SSSR count). The predicted molar refractivity (Wildman–Crippen MR) is 69.4 cm³/mol. The molecule has 0 spiro atoms. The molecule has 0 radical (unpaired) electrons. The van der Waals surface area contributed by atoms with Crippen LogP contribution in [0.3, 0.4) is 0 Å². The monoisotopic (exact) mass is 234 g/mol. The van der Waals surface area contributed by atoms with E-state index in [0.717, 1.165) is 31.1 Å². The van der Waals surface area contributed by atoms with E-state index >= 15 is 0 Å². The largest absolute Gasteiger partial charge is 0.474 e. The fourth-order valence-electron chi connectivity index (χ4n) is 2.14. The molecular formula is C14H22N2O. The van der Waals surface area contributed by atoms with Crippen LogP contribution >= 0.6 is 0 Å². The zero-order chi connectivity index (χ0) is 12.3. The van der Waals surface area contributed by atoms with E-state index < -0.39 is 0 Å². The molecule has 1 aromatic heterocycles. The number of hydrogen-bond donors (Lipinski definition) is 1. The molecule has 0 amide bonds. The summed E-state index contributed by atoms with van der Waals surface area (Å²) in [6, 6.07) is 6.05. The highest BCUT2D eigenvalue weighted by molar-refractivity contribution is 5.18. The normalized spacial score (nSPS) is 24.9. The summed E-state index contributed by atoms with van der Waals surface area (Å²) in [4.78, 5) is 4.56. The van der Waals surface area contributed by atoms with Crippen molar-refractivity contribution in [2.75, 3.05) is 13.1 Å². The van der Waals surface area contributed by atoms with Gasteiger partial charge in [0.15, 0.2) is 0 Å². The van der Waals surface area contributed by atoms with Gasteiger partial charge in [0.25, 0.3) is 0 Å². The van der Waals surface area contributed by atoms with E-state index in [1.807, 2.05) is 12.1 Å². The summed E-state index contributed by atoms with van der Waals surface area (Å²) < 4.78 is 6.01. The predicted octanol–water partition coefficient (Wildman–Crippen LogP) is 2.58. The van der Waals surface area contributed by atoms with E-state index in [-0.39, 0.29) is 0 Å². The lowest BCUT2D eigenvalue weighted by atomic mass is 9.98. The van der Waals surface area contributed by atoms with Gasteiger partial charge in [0.1, 0.15) is 6.10 Å². The second kappa shape index (κ2) is 5.50. The number of piperidine rings is 1. The minimum atomic E-state index is 0.297. The van der Waals surface area contributed by atoms with Crippen LogP contribution in [0.5, 0.6) is 5.88 Å². The van der Waals surface area contributed by atoms with Gasteiger partial charge >= 0.3 is 0 Å². The van der Waals surface area contributed by atoms with Crippen LogP contribution in [-0.2, 0) is 0 Å². The molecule has 2 unspecified atom stereocenters. The Morgan fingerprint density at radius 2 is 2.24 bits per heavy atom. The fraction of sp³-hybridized carbons (Fsp3) is 0.643. The summed E-state index contributed by atoms with van der Waals surface area (Å²) in [5, 5.41) is 3.38. The van der Waals surface area contributed by atoms with Crippen molar-refractivity contribution >= 4 is 0 Å². The first kappa shape index (κ1) is 12.4. The van der Waals surface area contributed by atoms with Gasteiger partial charge in [-0.05, 0) is 24.9 Å². The van der Waals surface area contributed by atoms with Gasteiger partial charge in [-0.3, -0.25) is 0 Å². The van der Waals surface area contributed by atoms with Crippen LogP contribution in [0.4, 0.5) is 0 Å². The standard InChI is InChI=1S/C14H22N2O/c1-10(2)12-5-4-6-14(16-12)17-13-7-8-15-9-11(13)3/h4-6,10-11,13,15H,7-9H2,1-3H3. The zero-order valence-electron chi connectivity index (χ0n) is 10.9. The van der Waals surface area contributed by atoms with Gasteiger partial charge in [-0.15, -0.1) is 0 Å². The molecular weight excluding hydrogens is 212 g/mol. The Labute approximate surface area is 104 Å². The Bertz CT molecular complexity index is 365. The third kappa shape index (κ3) is 3.19. The number of nitrogens with one attached hydrogen (secondary N) is 1. The molecule has 0 bridgehead atoms. The van der Waals surface area contributed by atoms with E-state index in [1.165, 1.54) is 0 Å². The van der Waals surface area contributed by atoms with Crippen molar-refractivity contribution in [3.8, 4) is 5.88 Å². The SMILES string of the molecule is CC(C)c1cccc(OC2CCNCC2C)n1. The Kier molecular flexibility index (Phi) is 4.00. The maximum atomic E-state index is 6.01. The Hall–Kier alpha value is -1.09. The Balaban J connectivity index is 2.04. The highest BCUT2D eigenvalue weighted by atomic mass is 16.5. The first-order valence-electron chi connectivity index (χ1n) is 6.51. The number of aromatic nitrogens is 1. The lowest BCUT2D eigenvalue weighted by Crippen LogP contribution is -2.41. The highest BCUT2D eigenvalue weighted by Crippen LogP contribution is 2.20. The minimum absolute atomic E-state index is 0.297. The molecule has 2 atom stereocenters. The zero-order valence-corrected chi connectivity index (χ0v) is 10.9. The lowest BCUT2D eigenvalue weighted by Gasteiger charge is -2.29. The Morgan fingerprint density at radius 3 is 2.94 bits per heavy atom. The van der Waals surface area contributed by atoms with Crippen molar-refractivity contribution in [1.29, 1.82) is 0 Å². The maximum absolute atomic E-state index is 6.01. The van der Waals surface area contributed by atoms with Crippen molar-refractivity contribution in [1.82, 2.24) is 10.3 Å². The molecule has 17 heavy (non-hydrogen) atoms. The average molecular weight is 234 g/mol. The van der Waals surface area contributed by atoms with Crippen molar-refractivity contribution in [3.63, 3.8) is 0 Å². The van der Waals surface area contributed by atoms with Crippen LogP contribution in [0.2, 0.25) is 0 Å². The molecule has 1 fully saturated rings. The summed E-state index contributed by atoms with van der Waals surface area (Å²) in [5.74, 6) is 1.77. The van der Waals surface area contributed by atoms with E-state index in [1.54, 1.807) is 0 Å². The number of nitrogens with zero attached hydrogens (tertiary/aromatic N) is 1. The minimum Gasteiger partial charge on any atom is -0.474 e. The average Bonchev–Trinajstić information content (AvgIpc) is 2.32. The van der Waals surface area contributed by atoms with Gasteiger partial charge in [0.2, 0.25) is 5.88 Å². The summed E-state index contributed by atoms with van der Waals surface area (Å²) in [7, 11) is 0. The van der Waals surface area contributed by atoms with E-state index in [2.05, 4.69) is 37.1 Å². The number of hydrogen-bond acceptors (Lipinski definition) is 3. The summed E-state index contributed by atoms with van der Waals surface area (Å²) in [5.41, 5.74) is 1.10. The Morgan fingerprint density at radius 1 is 1.41 bits per heavy atom. The molecule has 0 aliphatic carbocycles. The number of rotatable bonds is 3. The van der Waals surface area contributed by atoms with Crippen molar-refractivity contribution in [2.24, 2.45) is 5.92 Å². The topological polar surface area (TPSA) is 34.1 Å². The summed E-state index contributed by atoms with van der Waals surface area (Å²) in [6.45, 7) is 8.61. The molecule has 1 saturated heterocycles. The van der Waals surface area contributed by atoms with E-state index in [4.69, 9.17) is 4.74 Å².